The Balaban J connectivity index is 1.07. The van der Waals surface area contributed by atoms with Gasteiger partial charge in [0.1, 0.15) is 0 Å². The van der Waals surface area contributed by atoms with Gasteiger partial charge in [-0.3, -0.25) is 9.67 Å². The molecule has 3 aromatic heterocycles. The number of hydrogen-bond acceptors (Lipinski definition) is 6. The van der Waals surface area contributed by atoms with Crippen molar-refractivity contribution >= 4 is 16.9 Å². The number of aryl methyl sites for hydroxylation is 1. The first-order valence-corrected chi connectivity index (χ1v) is 13.8. The van der Waals surface area contributed by atoms with Crippen molar-refractivity contribution in [3.05, 3.63) is 90.4 Å². The van der Waals surface area contributed by atoms with Crippen LogP contribution in [0.5, 0.6) is 0 Å². The molecule has 0 unspecified atom stereocenters. The van der Waals surface area contributed by atoms with Crippen LogP contribution in [0.1, 0.15) is 50.3 Å². The minimum Gasteiger partial charge on any atom is -0.351 e. The van der Waals surface area contributed by atoms with Crippen LogP contribution in [0.15, 0.2) is 79.1 Å². The highest BCUT2D eigenvalue weighted by molar-refractivity contribution is 5.86. The molecule has 1 aliphatic rings. The quantitative estimate of drug-likeness (QED) is 0.250. The van der Waals surface area contributed by atoms with Crippen LogP contribution in [-0.4, -0.2) is 36.8 Å². The van der Waals surface area contributed by atoms with Crippen LogP contribution in [0.25, 0.3) is 33.4 Å². The van der Waals surface area contributed by atoms with Crippen molar-refractivity contribution < 1.29 is 0 Å². The fourth-order valence-corrected chi connectivity index (χ4v) is 5.72. The smallest absolute Gasteiger partial charge is 0.223 e. The van der Waals surface area contributed by atoms with Crippen molar-refractivity contribution in [2.45, 2.75) is 57.7 Å². The summed E-state index contributed by atoms with van der Waals surface area (Å²) in [4.78, 5) is 13.8. The van der Waals surface area contributed by atoms with Crippen LogP contribution in [-0.2, 0) is 13.6 Å². The highest BCUT2D eigenvalue weighted by Gasteiger charge is 2.25. The molecule has 2 aromatic carbocycles. The lowest BCUT2D eigenvalue weighted by molar-refractivity contribution is 0.520. The van der Waals surface area contributed by atoms with Gasteiger partial charge in [-0.1, -0.05) is 50.2 Å². The minimum absolute atomic E-state index is 0.359. The van der Waals surface area contributed by atoms with E-state index in [0.717, 1.165) is 53.8 Å². The van der Waals surface area contributed by atoms with Gasteiger partial charge in [-0.2, -0.15) is 5.10 Å². The summed E-state index contributed by atoms with van der Waals surface area (Å²) in [5, 5.41) is 13.2. The zero-order chi connectivity index (χ0) is 26.8. The molecule has 1 saturated carbocycles. The molecule has 5 aromatic rings. The maximum absolute atomic E-state index is 4.87. The number of aromatic nitrogens is 5. The Labute approximate surface area is 229 Å². The van der Waals surface area contributed by atoms with Gasteiger partial charge in [0, 0.05) is 60.3 Å². The third-order valence-electron chi connectivity index (χ3n) is 7.65. The van der Waals surface area contributed by atoms with Crippen LogP contribution in [0, 0.1) is 0 Å². The number of benzene rings is 2. The zero-order valence-corrected chi connectivity index (χ0v) is 22.8. The Hall–Kier alpha value is -4.10. The molecule has 0 spiro atoms. The SMILES string of the molecule is CC(C)c1c2cc(-c3ccnc(N[C@H]4CC[C@H](NCc5ccc(-c6ccccn6)cc5)C4)n3)ccc2nn1C. The monoisotopic (exact) mass is 517 g/mol. The van der Waals surface area contributed by atoms with E-state index in [1.165, 1.54) is 16.6 Å². The normalized spacial score (nSPS) is 17.2. The summed E-state index contributed by atoms with van der Waals surface area (Å²) >= 11 is 0. The Kier molecular flexibility index (Phi) is 7.07. The van der Waals surface area contributed by atoms with Gasteiger partial charge in [-0.15, -0.1) is 0 Å². The van der Waals surface area contributed by atoms with Crippen molar-refractivity contribution in [3.63, 3.8) is 0 Å². The van der Waals surface area contributed by atoms with E-state index >= 15 is 0 Å². The molecule has 1 aliphatic carbocycles. The third-order valence-corrected chi connectivity index (χ3v) is 7.65. The number of nitrogens with one attached hydrogen (secondary N) is 2. The molecule has 6 rings (SSSR count). The Morgan fingerprint density at radius 2 is 1.69 bits per heavy atom. The molecule has 0 bridgehead atoms. The molecule has 0 radical (unpaired) electrons. The van der Waals surface area contributed by atoms with Gasteiger partial charge in [-0.25, -0.2) is 9.97 Å². The predicted octanol–water partition coefficient (Wildman–Crippen LogP) is 6.34. The lowest BCUT2D eigenvalue weighted by atomic mass is 10.0. The molecular weight excluding hydrogens is 482 g/mol. The molecule has 0 aliphatic heterocycles. The van der Waals surface area contributed by atoms with Crippen molar-refractivity contribution in [2.75, 3.05) is 5.32 Å². The summed E-state index contributed by atoms with van der Waals surface area (Å²) < 4.78 is 1.99. The van der Waals surface area contributed by atoms with Crippen LogP contribution < -0.4 is 10.6 Å². The highest BCUT2D eigenvalue weighted by atomic mass is 15.3. The standard InChI is InChI=1S/C32H35N7/c1-21(2)31-27-18-24(11-14-30(27)38-39(31)3)29-15-17-34-32(37-29)36-26-13-12-25(19-26)35-20-22-7-9-23(10-8-22)28-6-4-5-16-33-28/h4-11,14-18,21,25-26,35H,12-13,19-20H2,1-3H3,(H,34,36,37)/t25-,26-/m0/s1. The van der Waals surface area contributed by atoms with E-state index in [9.17, 15) is 0 Å². The van der Waals surface area contributed by atoms with E-state index in [2.05, 4.69) is 82.0 Å². The summed E-state index contributed by atoms with van der Waals surface area (Å²) in [6.45, 7) is 5.28. The Morgan fingerprint density at radius 3 is 2.49 bits per heavy atom. The lowest BCUT2D eigenvalue weighted by Crippen LogP contribution is -2.28. The van der Waals surface area contributed by atoms with Gasteiger partial charge in [0.05, 0.1) is 16.9 Å². The van der Waals surface area contributed by atoms with Crippen LogP contribution >= 0.6 is 0 Å². The molecule has 198 valence electrons. The topological polar surface area (TPSA) is 80.6 Å². The van der Waals surface area contributed by atoms with E-state index in [0.29, 0.717) is 23.9 Å². The van der Waals surface area contributed by atoms with Gasteiger partial charge in [0.2, 0.25) is 5.95 Å². The average Bonchev–Trinajstić information content (AvgIpc) is 3.55. The first-order valence-electron chi connectivity index (χ1n) is 13.8. The second kappa shape index (κ2) is 10.9. The second-order valence-electron chi connectivity index (χ2n) is 10.8. The molecular formula is C32H35N7. The molecule has 0 saturated heterocycles. The third kappa shape index (κ3) is 5.54. The molecule has 0 amide bonds. The lowest BCUT2D eigenvalue weighted by Gasteiger charge is -2.15. The van der Waals surface area contributed by atoms with E-state index in [4.69, 9.17) is 4.98 Å². The summed E-state index contributed by atoms with van der Waals surface area (Å²) in [5.41, 5.74) is 7.71. The molecule has 2 atom stereocenters. The minimum atomic E-state index is 0.359. The molecule has 7 heteroatoms. The van der Waals surface area contributed by atoms with Gasteiger partial charge < -0.3 is 10.6 Å². The van der Waals surface area contributed by atoms with E-state index in [-0.39, 0.29) is 0 Å². The fourth-order valence-electron chi connectivity index (χ4n) is 5.72. The van der Waals surface area contributed by atoms with Crippen LogP contribution in [0.3, 0.4) is 0 Å². The van der Waals surface area contributed by atoms with Crippen LogP contribution in [0.2, 0.25) is 0 Å². The maximum Gasteiger partial charge on any atom is 0.223 e. The Morgan fingerprint density at radius 1 is 0.872 bits per heavy atom. The number of anilines is 1. The highest BCUT2D eigenvalue weighted by Crippen LogP contribution is 2.30. The number of nitrogens with zero attached hydrogens (tertiary/aromatic N) is 5. The zero-order valence-electron chi connectivity index (χ0n) is 22.8. The summed E-state index contributed by atoms with van der Waals surface area (Å²) in [6, 6.07) is 23.9. The van der Waals surface area contributed by atoms with Gasteiger partial charge in [0.25, 0.3) is 0 Å². The number of fused-ring (bicyclic) bond motifs is 1. The van der Waals surface area contributed by atoms with E-state index < -0.39 is 0 Å². The largest absolute Gasteiger partial charge is 0.351 e. The number of hydrogen-bond donors (Lipinski definition) is 2. The van der Waals surface area contributed by atoms with Crippen LogP contribution in [0.4, 0.5) is 5.95 Å². The predicted molar refractivity (Wildman–Crippen MR) is 157 cm³/mol. The molecule has 39 heavy (non-hydrogen) atoms. The molecule has 3 heterocycles. The number of pyridine rings is 1. The van der Waals surface area contributed by atoms with Crippen molar-refractivity contribution in [1.29, 1.82) is 0 Å². The molecule has 7 nitrogen and oxygen atoms in total. The van der Waals surface area contributed by atoms with Crippen molar-refractivity contribution in [3.8, 4) is 22.5 Å². The summed E-state index contributed by atoms with van der Waals surface area (Å²) in [5.74, 6) is 1.09. The summed E-state index contributed by atoms with van der Waals surface area (Å²) in [7, 11) is 2.02. The first-order chi connectivity index (χ1) is 19.0. The second-order valence-corrected chi connectivity index (χ2v) is 10.8. The van der Waals surface area contributed by atoms with Crippen molar-refractivity contribution in [2.24, 2.45) is 7.05 Å². The van der Waals surface area contributed by atoms with Gasteiger partial charge >= 0.3 is 0 Å². The number of rotatable bonds is 8. The maximum atomic E-state index is 4.87. The Bertz CT molecular complexity index is 1560. The fraction of sp³-hybridized carbons (Fsp3) is 0.312. The first kappa shape index (κ1) is 25.2. The summed E-state index contributed by atoms with van der Waals surface area (Å²) in [6.07, 6.45) is 6.97. The van der Waals surface area contributed by atoms with E-state index in [1.807, 2.05) is 48.4 Å². The molecule has 2 N–H and O–H groups in total. The average molecular weight is 518 g/mol. The van der Waals surface area contributed by atoms with E-state index in [1.54, 1.807) is 0 Å². The van der Waals surface area contributed by atoms with Crippen molar-refractivity contribution in [1.82, 2.24) is 30.0 Å². The van der Waals surface area contributed by atoms with Gasteiger partial charge in [-0.05, 0) is 61.1 Å². The molecule has 1 fully saturated rings. The van der Waals surface area contributed by atoms with Gasteiger partial charge in [0.15, 0.2) is 0 Å².